The van der Waals surface area contributed by atoms with Crippen molar-refractivity contribution in [2.24, 2.45) is 0 Å². The molecule has 0 unspecified atom stereocenters. The molecule has 43 heavy (non-hydrogen) atoms. The topological polar surface area (TPSA) is 37.4 Å². The van der Waals surface area contributed by atoms with Crippen molar-refractivity contribution in [3.63, 3.8) is 0 Å². The van der Waals surface area contributed by atoms with Gasteiger partial charge in [0.15, 0.2) is 11.6 Å². The van der Waals surface area contributed by atoms with Gasteiger partial charge in [0.25, 0.3) is 0 Å². The molecular formula is C36H19NO2S4. The zero-order valence-corrected chi connectivity index (χ0v) is 25.6. The molecule has 0 amide bonds. The molecule has 0 aliphatic heterocycles. The van der Waals surface area contributed by atoms with Crippen molar-refractivity contribution in [3.8, 4) is 0 Å². The summed E-state index contributed by atoms with van der Waals surface area (Å²) in [5.41, 5.74) is 1.24. The van der Waals surface area contributed by atoms with Crippen LogP contribution in [0.3, 0.4) is 0 Å². The van der Waals surface area contributed by atoms with Crippen molar-refractivity contribution in [3.05, 3.63) is 131 Å². The maximum Gasteiger partial charge on any atom is 0.197 e. The summed E-state index contributed by atoms with van der Waals surface area (Å²) >= 11 is 6.94. The summed E-state index contributed by atoms with van der Waals surface area (Å²) in [4.78, 5) is 29.9. The molecule has 3 nitrogen and oxygen atoms in total. The van der Waals surface area contributed by atoms with E-state index in [9.17, 15) is 9.59 Å². The van der Waals surface area contributed by atoms with Gasteiger partial charge in [-0.25, -0.2) is 0 Å². The second kappa shape index (κ2) is 9.56. The number of anilines is 3. The SMILES string of the molecule is O=C1C(=Cc2cc3sc(N(c4cc5ccccc5s4)c4cc5ccccc5s4)cc3s2)C(=O)c2cc3ccccc3cc21. The summed E-state index contributed by atoms with van der Waals surface area (Å²) in [6.45, 7) is 0. The zero-order valence-electron chi connectivity index (χ0n) is 22.4. The zero-order chi connectivity index (χ0) is 28.7. The van der Waals surface area contributed by atoms with Crippen LogP contribution in [0.5, 0.6) is 0 Å². The first-order valence-corrected chi connectivity index (χ1v) is 17.0. The van der Waals surface area contributed by atoms with Crippen molar-refractivity contribution in [1.82, 2.24) is 0 Å². The van der Waals surface area contributed by atoms with Gasteiger partial charge in [-0.05, 0) is 76.2 Å². The fraction of sp³-hybridized carbons (Fsp3) is 0. The number of carbonyl (C=O) groups is 2. The van der Waals surface area contributed by atoms with Crippen LogP contribution in [0.15, 0.2) is 115 Å². The van der Waals surface area contributed by atoms with Crippen LogP contribution in [-0.2, 0) is 0 Å². The van der Waals surface area contributed by atoms with Gasteiger partial charge in [0.2, 0.25) is 0 Å². The number of rotatable bonds is 4. The molecule has 4 aromatic heterocycles. The quantitative estimate of drug-likeness (QED) is 0.144. The van der Waals surface area contributed by atoms with Gasteiger partial charge < -0.3 is 0 Å². The maximum absolute atomic E-state index is 13.3. The first kappa shape index (κ1) is 25.1. The van der Waals surface area contributed by atoms with Crippen molar-refractivity contribution >= 4 is 118 Å². The summed E-state index contributed by atoms with van der Waals surface area (Å²) in [6, 6.07) is 37.4. The van der Waals surface area contributed by atoms with E-state index in [1.807, 2.05) is 36.4 Å². The van der Waals surface area contributed by atoms with E-state index in [2.05, 4.69) is 77.7 Å². The number of fused-ring (bicyclic) bond motifs is 5. The lowest BCUT2D eigenvalue weighted by Crippen LogP contribution is -2.04. The maximum atomic E-state index is 13.3. The lowest BCUT2D eigenvalue weighted by Gasteiger charge is -2.19. The van der Waals surface area contributed by atoms with Crippen molar-refractivity contribution in [2.45, 2.75) is 0 Å². The summed E-state index contributed by atoms with van der Waals surface area (Å²) in [5, 5.41) is 7.91. The Balaban J connectivity index is 1.12. The average molecular weight is 626 g/mol. The minimum absolute atomic E-state index is 0.191. The molecule has 0 spiro atoms. The van der Waals surface area contributed by atoms with Crippen LogP contribution in [0, 0.1) is 0 Å². The Morgan fingerprint density at radius 3 is 1.47 bits per heavy atom. The van der Waals surface area contributed by atoms with Crippen LogP contribution in [0.25, 0.3) is 46.4 Å². The number of Topliss-reactive ketones (excluding diaryl/α,β-unsaturated/α-hetero) is 2. The van der Waals surface area contributed by atoms with E-state index >= 15 is 0 Å². The van der Waals surface area contributed by atoms with E-state index in [0.29, 0.717) is 11.1 Å². The highest BCUT2D eigenvalue weighted by molar-refractivity contribution is 7.31. The molecule has 0 N–H and O–H groups in total. The lowest BCUT2D eigenvalue weighted by atomic mass is 10.0. The predicted molar refractivity (Wildman–Crippen MR) is 186 cm³/mol. The molecule has 4 aromatic carbocycles. The number of carbonyl (C=O) groups excluding carboxylic acids is 2. The molecule has 204 valence electrons. The number of hydrogen-bond donors (Lipinski definition) is 0. The highest BCUT2D eigenvalue weighted by atomic mass is 32.1. The van der Waals surface area contributed by atoms with Gasteiger partial charge in [0, 0.05) is 34.8 Å². The first-order valence-electron chi connectivity index (χ1n) is 13.7. The standard InChI is InChI=1S/C36H19NO2S4/c38-35-25-13-20-7-1-2-8-21(20)14-26(25)36(39)27(35)17-24-18-30-31(40-24)19-34(43-30)37(32-15-22-9-3-5-11-28(22)41-32)33-16-23-10-4-6-12-29(23)42-33/h1-19H. The van der Waals surface area contributed by atoms with Crippen molar-refractivity contribution in [2.75, 3.05) is 4.90 Å². The number of ketones is 2. The molecule has 7 heteroatoms. The number of benzene rings is 4. The fourth-order valence-electron chi connectivity index (χ4n) is 5.79. The van der Waals surface area contributed by atoms with Gasteiger partial charge >= 0.3 is 0 Å². The summed E-state index contributed by atoms with van der Waals surface area (Å²) in [7, 11) is 0. The Kier molecular flexibility index (Phi) is 5.58. The Morgan fingerprint density at radius 2 is 0.930 bits per heavy atom. The van der Waals surface area contributed by atoms with Gasteiger partial charge in [-0.1, -0.05) is 60.7 Å². The third kappa shape index (κ3) is 4.04. The van der Waals surface area contributed by atoms with Crippen molar-refractivity contribution < 1.29 is 9.59 Å². The van der Waals surface area contributed by atoms with E-state index in [-0.39, 0.29) is 17.1 Å². The molecular weight excluding hydrogens is 607 g/mol. The minimum Gasteiger partial charge on any atom is -0.288 e. The fourth-order valence-corrected chi connectivity index (χ4v) is 10.5. The average Bonchev–Trinajstić information content (AvgIpc) is 3.83. The second-order valence-electron chi connectivity index (χ2n) is 10.5. The molecule has 9 rings (SSSR count). The first-order chi connectivity index (χ1) is 21.1. The van der Waals surface area contributed by atoms with Gasteiger partial charge in [0.05, 0.1) is 5.57 Å². The van der Waals surface area contributed by atoms with Gasteiger partial charge in [-0.2, -0.15) is 0 Å². The normalized spacial score (nSPS) is 13.2. The molecule has 4 heterocycles. The molecule has 0 saturated heterocycles. The van der Waals surface area contributed by atoms with E-state index < -0.39 is 0 Å². The van der Waals surface area contributed by atoms with Gasteiger partial charge in [-0.3, -0.25) is 14.5 Å². The number of thiophene rings is 4. The largest absolute Gasteiger partial charge is 0.288 e. The predicted octanol–water partition coefficient (Wildman–Crippen LogP) is 11.5. The van der Waals surface area contributed by atoms with Gasteiger partial charge in [-0.15, -0.1) is 45.3 Å². The second-order valence-corrected chi connectivity index (χ2v) is 14.8. The van der Waals surface area contributed by atoms with Crippen molar-refractivity contribution in [1.29, 1.82) is 0 Å². The molecule has 0 radical (unpaired) electrons. The monoisotopic (exact) mass is 625 g/mol. The molecule has 8 aromatic rings. The third-order valence-corrected chi connectivity index (χ3v) is 12.3. The van der Waals surface area contributed by atoms with E-state index in [0.717, 1.165) is 30.1 Å². The highest BCUT2D eigenvalue weighted by Crippen LogP contribution is 2.50. The van der Waals surface area contributed by atoms with Crippen LogP contribution in [0.1, 0.15) is 25.6 Å². The Labute approximate surface area is 262 Å². The third-order valence-electron chi connectivity index (χ3n) is 7.85. The summed E-state index contributed by atoms with van der Waals surface area (Å²) in [5.74, 6) is -0.382. The van der Waals surface area contributed by atoms with E-state index in [4.69, 9.17) is 0 Å². The summed E-state index contributed by atoms with van der Waals surface area (Å²) in [6.07, 6.45) is 1.78. The Bertz CT molecular complexity index is 2240. The lowest BCUT2D eigenvalue weighted by molar-refractivity contribution is 0.0990. The molecule has 0 fully saturated rings. The molecule has 1 aliphatic rings. The molecule has 1 aliphatic carbocycles. The van der Waals surface area contributed by atoms with E-state index in [1.165, 1.54) is 30.2 Å². The number of allylic oxidation sites excluding steroid dienone is 1. The van der Waals surface area contributed by atoms with Crippen LogP contribution in [-0.4, -0.2) is 11.6 Å². The van der Waals surface area contributed by atoms with Crippen LogP contribution in [0.2, 0.25) is 0 Å². The molecule has 0 saturated carbocycles. The Morgan fingerprint density at radius 1 is 0.465 bits per heavy atom. The Hall–Kier alpha value is -4.40. The molecule has 0 atom stereocenters. The van der Waals surface area contributed by atoms with Gasteiger partial charge in [0.1, 0.15) is 15.0 Å². The van der Waals surface area contributed by atoms with Crippen LogP contribution in [0.4, 0.5) is 15.0 Å². The number of hydrogen-bond acceptors (Lipinski definition) is 7. The smallest absolute Gasteiger partial charge is 0.197 e. The van der Waals surface area contributed by atoms with E-state index in [1.54, 1.807) is 51.4 Å². The van der Waals surface area contributed by atoms with Crippen LogP contribution >= 0.6 is 45.3 Å². The summed E-state index contributed by atoms with van der Waals surface area (Å²) < 4.78 is 4.80. The van der Waals surface area contributed by atoms with Crippen LogP contribution < -0.4 is 4.90 Å². The highest BCUT2D eigenvalue weighted by Gasteiger charge is 2.33. The molecule has 0 bridgehead atoms. The number of nitrogens with zero attached hydrogens (tertiary/aromatic N) is 1. The minimum atomic E-state index is -0.191.